The highest BCUT2D eigenvalue weighted by Crippen LogP contribution is 2.17. The first-order valence-electron chi connectivity index (χ1n) is 6.90. The number of hydrogen-bond donors (Lipinski definition) is 1. The van der Waals surface area contributed by atoms with E-state index in [2.05, 4.69) is 4.72 Å². The van der Waals surface area contributed by atoms with Crippen LogP contribution in [0.5, 0.6) is 5.75 Å². The Morgan fingerprint density at radius 2 is 1.68 bits per heavy atom. The van der Waals surface area contributed by atoms with Crippen molar-refractivity contribution in [2.24, 2.45) is 0 Å². The van der Waals surface area contributed by atoms with Crippen molar-refractivity contribution in [2.75, 3.05) is 12.9 Å². The molecule has 0 heterocycles. The fourth-order valence-electron chi connectivity index (χ4n) is 1.89. The molecule has 0 radical (unpaired) electrons. The number of ether oxygens (including phenoxy) is 1. The quantitative estimate of drug-likeness (QED) is 0.788. The number of sulfonamides is 1. The van der Waals surface area contributed by atoms with Crippen LogP contribution in [-0.2, 0) is 16.6 Å². The maximum absolute atomic E-state index is 12.2. The second-order valence-electron chi connectivity index (χ2n) is 4.58. The van der Waals surface area contributed by atoms with Crippen LogP contribution in [0.2, 0.25) is 0 Å². The topological polar surface area (TPSA) is 55.4 Å². The molecule has 0 fully saturated rings. The van der Waals surface area contributed by atoms with Gasteiger partial charge in [-0.05, 0) is 55.1 Å². The first-order chi connectivity index (χ1) is 10.5. The van der Waals surface area contributed by atoms with Crippen LogP contribution in [0.1, 0.15) is 12.5 Å². The summed E-state index contributed by atoms with van der Waals surface area (Å²) in [6.07, 6.45) is 2.00. The molecule has 22 heavy (non-hydrogen) atoms. The third kappa shape index (κ3) is 4.50. The molecule has 0 amide bonds. The van der Waals surface area contributed by atoms with E-state index in [0.29, 0.717) is 12.4 Å². The zero-order valence-corrected chi connectivity index (χ0v) is 14.2. The molecule has 0 saturated carbocycles. The van der Waals surface area contributed by atoms with Gasteiger partial charge < -0.3 is 4.74 Å². The number of thioether (sulfide) groups is 1. The largest absolute Gasteiger partial charge is 0.494 e. The van der Waals surface area contributed by atoms with Gasteiger partial charge in [0.15, 0.2) is 0 Å². The van der Waals surface area contributed by atoms with Gasteiger partial charge in [-0.25, -0.2) is 13.1 Å². The van der Waals surface area contributed by atoms with Gasteiger partial charge in [-0.1, -0.05) is 12.1 Å². The average Bonchev–Trinajstić information content (AvgIpc) is 2.54. The van der Waals surface area contributed by atoms with E-state index in [1.165, 1.54) is 0 Å². The van der Waals surface area contributed by atoms with Crippen LogP contribution in [0.4, 0.5) is 0 Å². The highest BCUT2D eigenvalue weighted by Gasteiger charge is 2.13. The van der Waals surface area contributed by atoms with Crippen molar-refractivity contribution >= 4 is 21.8 Å². The number of rotatable bonds is 7. The first-order valence-corrected chi connectivity index (χ1v) is 9.61. The fraction of sp³-hybridized carbons (Fsp3) is 0.250. The van der Waals surface area contributed by atoms with Crippen LogP contribution < -0.4 is 9.46 Å². The minimum Gasteiger partial charge on any atom is -0.494 e. The summed E-state index contributed by atoms with van der Waals surface area (Å²) < 4.78 is 32.4. The van der Waals surface area contributed by atoms with E-state index in [9.17, 15) is 8.42 Å². The highest BCUT2D eigenvalue weighted by atomic mass is 32.2. The Labute approximate surface area is 135 Å². The summed E-state index contributed by atoms with van der Waals surface area (Å²) in [6.45, 7) is 2.70. The molecule has 0 atom stereocenters. The van der Waals surface area contributed by atoms with Crippen molar-refractivity contribution in [3.63, 3.8) is 0 Å². The van der Waals surface area contributed by atoms with E-state index in [1.54, 1.807) is 36.0 Å². The van der Waals surface area contributed by atoms with Gasteiger partial charge in [-0.3, -0.25) is 0 Å². The molecule has 0 bridgehead atoms. The van der Waals surface area contributed by atoms with Gasteiger partial charge in [0.05, 0.1) is 11.5 Å². The van der Waals surface area contributed by atoms with E-state index in [4.69, 9.17) is 4.74 Å². The average molecular weight is 337 g/mol. The van der Waals surface area contributed by atoms with E-state index in [0.717, 1.165) is 10.5 Å². The maximum atomic E-state index is 12.2. The predicted molar refractivity (Wildman–Crippen MR) is 89.9 cm³/mol. The van der Waals surface area contributed by atoms with Crippen molar-refractivity contribution in [1.29, 1.82) is 0 Å². The smallest absolute Gasteiger partial charge is 0.240 e. The van der Waals surface area contributed by atoms with Gasteiger partial charge in [0.25, 0.3) is 0 Å². The van der Waals surface area contributed by atoms with Crippen LogP contribution in [-0.4, -0.2) is 21.3 Å². The van der Waals surface area contributed by atoms with Crippen molar-refractivity contribution in [3.8, 4) is 5.75 Å². The van der Waals surface area contributed by atoms with Crippen LogP contribution >= 0.6 is 11.8 Å². The van der Waals surface area contributed by atoms with Crippen LogP contribution in [0, 0.1) is 0 Å². The summed E-state index contributed by atoms with van der Waals surface area (Å²) in [4.78, 5) is 1.38. The summed E-state index contributed by atoms with van der Waals surface area (Å²) in [5.41, 5.74) is 0.923. The Balaban J connectivity index is 2.03. The van der Waals surface area contributed by atoms with Gasteiger partial charge in [0, 0.05) is 11.4 Å². The zero-order valence-electron chi connectivity index (χ0n) is 12.6. The monoisotopic (exact) mass is 337 g/mol. The zero-order chi connectivity index (χ0) is 16.0. The molecule has 0 aliphatic heterocycles. The van der Waals surface area contributed by atoms with Crippen LogP contribution in [0.15, 0.2) is 58.3 Å². The SMILES string of the molecule is CCOc1ccc(S(=O)(=O)NCc2ccc(SC)cc2)cc1. The molecule has 2 aromatic rings. The molecule has 0 spiro atoms. The predicted octanol–water partition coefficient (Wildman–Crippen LogP) is 3.29. The lowest BCUT2D eigenvalue weighted by molar-refractivity contribution is 0.340. The fourth-order valence-corrected chi connectivity index (χ4v) is 3.31. The van der Waals surface area contributed by atoms with Crippen molar-refractivity contribution in [1.82, 2.24) is 4.72 Å². The summed E-state index contributed by atoms with van der Waals surface area (Å²) in [7, 11) is -3.52. The molecule has 0 aliphatic carbocycles. The Bertz CT molecular complexity index is 695. The molecule has 0 saturated heterocycles. The molecule has 2 rings (SSSR count). The van der Waals surface area contributed by atoms with Gasteiger partial charge in [-0.15, -0.1) is 11.8 Å². The first kappa shape index (κ1) is 16.9. The van der Waals surface area contributed by atoms with Gasteiger partial charge in [0.1, 0.15) is 5.75 Å². The molecule has 0 unspecified atom stereocenters. The molecular weight excluding hydrogens is 318 g/mol. The molecule has 0 aliphatic rings. The number of hydrogen-bond acceptors (Lipinski definition) is 4. The van der Waals surface area contributed by atoms with Gasteiger partial charge in [0.2, 0.25) is 10.0 Å². The standard InChI is InChI=1S/C16H19NO3S2/c1-3-20-14-6-10-16(11-7-14)22(18,19)17-12-13-4-8-15(21-2)9-5-13/h4-11,17H,3,12H2,1-2H3. The van der Waals surface area contributed by atoms with Gasteiger partial charge >= 0.3 is 0 Å². The Kier molecular flexibility index (Phi) is 5.88. The van der Waals surface area contributed by atoms with Crippen LogP contribution in [0.3, 0.4) is 0 Å². The summed E-state index contributed by atoms with van der Waals surface area (Å²) >= 11 is 1.65. The highest BCUT2D eigenvalue weighted by molar-refractivity contribution is 7.98. The Hall–Kier alpha value is -1.50. The molecule has 4 nitrogen and oxygen atoms in total. The third-order valence-electron chi connectivity index (χ3n) is 3.07. The molecule has 0 aromatic heterocycles. The van der Waals surface area contributed by atoms with Crippen molar-refractivity contribution < 1.29 is 13.2 Å². The summed E-state index contributed by atoms with van der Waals surface area (Å²) in [5.74, 6) is 0.661. The summed E-state index contributed by atoms with van der Waals surface area (Å²) in [6, 6.07) is 14.2. The lowest BCUT2D eigenvalue weighted by Gasteiger charge is -2.08. The third-order valence-corrected chi connectivity index (χ3v) is 5.23. The Morgan fingerprint density at radius 1 is 1.05 bits per heavy atom. The summed E-state index contributed by atoms with van der Waals surface area (Å²) in [5, 5.41) is 0. The molecule has 118 valence electrons. The van der Waals surface area contributed by atoms with Crippen molar-refractivity contribution in [2.45, 2.75) is 23.3 Å². The van der Waals surface area contributed by atoms with Crippen molar-refractivity contribution in [3.05, 3.63) is 54.1 Å². The molecule has 6 heteroatoms. The molecule has 2 aromatic carbocycles. The second-order valence-corrected chi connectivity index (χ2v) is 7.22. The van der Waals surface area contributed by atoms with E-state index in [-0.39, 0.29) is 11.4 Å². The minimum absolute atomic E-state index is 0.233. The minimum atomic E-state index is -3.52. The van der Waals surface area contributed by atoms with E-state index >= 15 is 0 Å². The lowest BCUT2D eigenvalue weighted by atomic mass is 10.2. The Morgan fingerprint density at radius 3 is 2.23 bits per heavy atom. The van der Waals surface area contributed by atoms with E-state index < -0.39 is 10.0 Å². The maximum Gasteiger partial charge on any atom is 0.240 e. The molecule has 1 N–H and O–H groups in total. The van der Waals surface area contributed by atoms with Crippen LogP contribution in [0.25, 0.3) is 0 Å². The van der Waals surface area contributed by atoms with Gasteiger partial charge in [-0.2, -0.15) is 0 Å². The van der Waals surface area contributed by atoms with E-state index in [1.807, 2.05) is 37.4 Å². The lowest BCUT2D eigenvalue weighted by Crippen LogP contribution is -2.23. The normalized spacial score (nSPS) is 11.4. The number of nitrogens with one attached hydrogen (secondary N) is 1. The molecular formula is C16H19NO3S2. The second kappa shape index (κ2) is 7.67. The number of benzene rings is 2.